The monoisotopic (exact) mass is 548 g/mol. The molecule has 4 aromatic rings. The molecule has 0 bridgehead atoms. The number of methoxy groups -OCH3 is 2. The third kappa shape index (κ3) is 7.57. The van der Waals surface area contributed by atoms with E-state index in [-0.39, 0.29) is 32.1 Å². The maximum atomic E-state index is 12.1. The van der Waals surface area contributed by atoms with Gasteiger partial charge in [0.1, 0.15) is 23.5 Å². The van der Waals surface area contributed by atoms with Crippen molar-refractivity contribution in [3.8, 4) is 11.5 Å². The molecule has 41 heavy (non-hydrogen) atoms. The maximum Gasteiger partial charge on any atom is 1.00 e. The average molecular weight is 549 g/mol. The summed E-state index contributed by atoms with van der Waals surface area (Å²) in [6, 6.07) is 30.2. The number of hydrogen-bond acceptors (Lipinski definition) is 6. The van der Waals surface area contributed by atoms with Gasteiger partial charge in [0.15, 0.2) is 0 Å². The summed E-state index contributed by atoms with van der Waals surface area (Å²) in [5.74, 6) is -0.480. The molecule has 0 aliphatic rings. The van der Waals surface area contributed by atoms with Gasteiger partial charge in [-0.1, -0.05) is 60.7 Å². The molecular formula is C32H31LiNO7+. The Bertz CT molecular complexity index is 1390. The summed E-state index contributed by atoms with van der Waals surface area (Å²) in [5, 5.41) is 21.4. The van der Waals surface area contributed by atoms with E-state index < -0.39 is 23.9 Å². The SMILES string of the molecule is COc1ccc(C(OCc2cc(CO)cc(NC(=O)CC(=O)O)c2)(c2ccccc2)c2ccc(OC)cc2)cc1.[Li+]. The fraction of sp³-hybridized carbons (Fsp3) is 0.188. The Hall–Kier alpha value is -4.06. The molecule has 9 heteroatoms. The second-order valence-electron chi connectivity index (χ2n) is 9.11. The summed E-state index contributed by atoms with van der Waals surface area (Å²) >= 11 is 0. The van der Waals surface area contributed by atoms with E-state index >= 15 is 0 Å². The minimum atomic E-state index is -1.23. The van der Waals surface area contributed by atoms with Gasteiger partial charge in [0.25, 0.3) is 0 Å². The second-order valence-corrected chi connectivity index (χ2v) is 9.11. The van der Waals surface area contributed by atoms with Gasteiger partial charge in [0, 0.05) is 5.69 Å². The first kappa shape index (κ1) is 31.5. The van der Waals surface area contributed by atoms with Crippen molar-refractivity contribution in [2.75, 3.05) is 19.5 Å². The quantitative estimate of drug-likeness (QED) is 0.141. The minimum Gasteiger partial charge on any atom is -0.497 e. The zero-order valence-electron chi connectivity index (χ0n) is 23.3. The summed E-state index contributed by atoms with van der Waals surface area (Å²) in [6.45, 7) is -0.168. The van der Waals surface area contributed by atoms with Crippen molar-refractivity contribution in [2.24, 2.45) is 0 Å². The van der Waals surface area contributed by atoms with Crippen molar-refractivity contribution in [2.45, 2.75) is 25.2 Å². The van der Waals surface area contributed by atoms with Crippen molar-refractivity contribution in [3.63, 3.8) is 0 Å². The molecule has 0 aliphatic heterocycles. The van der Waals surface area contributed by atoms with Crippen LogP contribution in [0.25, 0.3) is 0 Å². The number of carbonyl (C=O) groups is 2. The first-order chi connectivity index (χ1) is 19.4. The van der Waals surface area contributed by atoms with Gasteiger partial charge in [-0.25, -0.2) is 0 Å². The topological polar surface area (TPSA) is 114 Å². The van der Waals surface area contributed by atoms with E-state index in [0.29, 0.717) is 28.3 Å². The van der Waals surface area contributed by atoms with Crippen molar-refractivity contribution in [3.05, 3.63) is 125 Å². The van der Waals surface area contributed by atoms with E-state index in [2.05, 4.69) is 5.32 Å². The minimum absolute atomic E-state index is 0. The van der Waals surface area contributed by atoms with E-state index in [1.165, 1.54) is 0 Å². The number of rotatable bonds is 12. The van der Waals surface area contributed by atoms with Crippen molar-refractivity contribution in [1.82, 2.24) is 0 Å². The van der Waals surface area contributed by atoms with Gasteiger partial charge in [-0.05, 0) is 64.2 Å². The molecule has 4 aromatic carbocycles. The summed E-state index contributed by atoms with van der Waals surface area (Å²) in [7, 11) is 3.22. The third-order valence-electron chi connectivity index (χ3n) is 6.46. The van der Waals surface area contributed by atoms with Gasteiger partial charge in [0.05, 0.1) is 27.4 Å². The third-order valence-corrected chi connectivity index (χ3v) is 6.46. The Balaban J connectivity index is 0.00000462. The largest absolute Gasteiger partial charge is 1.00 e. The van der Waals surface area contributed by atoms with E-state index in [4.69, 9.17) is 19.3 Å². The van der Waals surface area contributed by atoms with Crippen LogP contribution in [0.4, 0.5) is 5.69 Å². The van der Waals surface area contributed by atoms with Crippen LogP contribution in [0.5, 0.6) is 11.5 Å². The summed E-state index contributed by atoms with van der Waals surface area (Å²) in [4.78, 5) is 23.1. The molecule has 0 atom stereocenters. The van der Waals surface area contributed by atoms with E-state index in [1.54, 1.807) is 32.4 Å². The summed E-state index contributed by atoms with van der Waals surface area (Å²) < 4.78 is 17.7. The predicted octanol–water partition coefficient (Wildman–Crippen LogP) is 2.12. The number of benzene rings is 4. The van der Waals surface area contributed by atoms with Crippen molar-refractivity contribution < 1.29 is 52.9 Å². The smallest absolute Gasteiger partial charge is 0.497 e. The Morgan fingerprint density at radius 1 is 0.756 bits per heavy atom. The molecule has 0 unspecified atom stereocenters. The Morgan fingerprint density at radius 3 is 1.76 bits per heavy atom. The fourth-order valence-corrected chi connectivity index (χ4v) is 4.62. The number of anilines is 1. The van der Waals surface area contributed by atoms with Crippen molar-refractivity contribution >= 4 is 17.6 Å². The normalized spacial score (nSPS) is 10.8. The molecule has 0 radical (unpaired) electrons. The molecule has 8 nitrogen and oxygen atoms in total. The zero-order chi connectivity index (χ0) is 28.5. The molecular weight excluding hydrogens is 517 g/mol. The number of carbonyl (C=O) groups excluding carboxylic acids is 1. The van der Waals surface area contributed by atoms with Crippen LogP contribution in [0, 0.1) is 0 Å². The molecule has 0 saturated carbocycles. The number of ether oxygens (including phenoxy) is 3. The van der Waals surface area contributed by atoms with Crippen LogP contribution in [0.1, 0.15) is 34.2 Å². The van der Waals surface area contributed by atoms with Gasteiger partial charge in [-0.15, -0.1) is 0 Å². The Morgan fingerprint density at radius 2 is 1.27 bits per heavy atom. The number of amides is 1. The maximum absolute atomic E-state index is 12.1. The standard InChI is InChI=1S/C32H31NO7.Li/c1-38-28-12-8-25(9-13-28)32(24-6-4-3-5-7-24,26-10-14-29(39-2)15-11-26)40-21-23-16-22(20-34)17-27(18-23)33-30(35)19-31(36)37;/h3-18,34H,19-21H2,1-2H3,(H,33,35)(H,36,37);/q;+1. The molecule has 0 saturated heterocycles. The van der Waals surface area contributed by atoms with Gasteiger partial charge in [0.2, 0.25) is 5.91 Å². The van der Waals surface area contributed by atoms with Crippen LogP contribution in [-0.4, -0.2) is 36.3 Å². The van der Waals surface area contributed by atoms with E-state index in [1.807, 2.05) is 78.9 Å². The second kappa shape index (κ2) is 14.5. The Labute approximate surface area is 251 Å². The fourth-order valence-electron chi connectivity index (χ4n) is 4.62. The molecule has 3 N–H and O–H groups in total. The number of aliphatic hydroxyl groups is 1. The zero-order valence-corrected chi connectivity index (χ0v) is 23.3. The number of nitrogens with one attached hydrogen (secondary N) is 1. The molecule has 1 amide bonds. The van der Waals surface area contributed by atoms with Crippen LogP contribution in [0.2, 0.25) is 0 Å². The number of aliphatic carboxylic acids is 1. The summed E-state index contributed by atoms with van der Waals surface area (Å²) in [6.07, 6.45) is -0.665. The van der Waals surface area contributed by atoms with E-state index in [9.17, 15) is 14.7 Å². The molecule has 0 heterocycles. The molecule has 0 aliphatic carbocycles. The first-order valence-corrected chi connectivity index (χ1v) is 12.6. The molecule has 0 fully saturated rings. The molecule has 206 valence electrons. The van der Waals surface area contributed by atoms with Crippen LogP contribution in [0.15, 0.2) is 97.1 Å². The van der Waals surface area contributed by atoms with Crippen LogP contribution < -0.4 is 33.7 Å². The first-order valence-electron chi connectivity index (χ1n) is 12.6. The number of carboxylic acid groups (broad SMARTS) is 1. The molecule has 0 spiro atoms. The predicted molar refractivity (Wildman–Crippen MR) is 150 cm³/mol. The molecule has 4 rings (SSSR count). The molecule has 0 aromatic heterocycles. The number of hydrogen-bond donors (Lipinski definition) is 3. The van der Waals surface area contributed by atoms with Crippen LogP contribution in [0.3, 0.4) is 0 Å². The van der Waals surface area contributed by atoms with Crippen LogP contribution in [-0.2, 0) is 33.1 Å². The number of aliphatic hydroxyl groups excluding tert-OH is 1. The summed E-state index contributed by atoms with van der Waals surface area (Å²) in [5.41, 5.74) is 3.15. The van der Waals surface area contributed by atoms with Gasteiger partial charge < -0.3 is 29.7 Å². The Kier molecular flexibility index (Phi) is 11.2. The van der Waals surface area contributed by atoms with Gasteiger partial charge >= 0.3 is 24.8 Å². The van der Waals surface area contributed by atoms with Gasteiger partial charge in [-0.2, -0.15) is 0 Å². The number of carboxylic acids is 1. The average Bonchev–Trinajstić information content (AvgIpc) is 2.98. The van der Waals surface area contributed by atoms with E-state index in [0.717, 1.165) is 16.7 Å². The van der Waals surface area contributed by atoms with Crippen LogP contribution >= 0.6 is 0 Å². The van der Waals surface area contributed by atoms with Gasteiger partial charge in [-0.3, -0.25) is 9.59 Å². The van der Waals surface area contributed by atoms with Crippen molar-refractivity contribution in [1.29, 1.82) is 0 Å².